The van der Waals surface area contributed by atoms with Gasteiger partial charge in [-0.15, -0.1) is 11.3 Å². The van der Waals surface area contributed by atoms with E-state index in [1.807, 2.05) is 0 Å². The maximum Gasteiger partial charge on any atom is 0.312 e. The van der Waals surface area contributed by atoms with E-state index < -0.39 is 21.9 Å². The number of nitrogens with one attached hydrogen (secondary N) is 1. The molecule has 1 aliphatic rings. The molecule has 0 aliphatic heterocycles. The fourth-order valence-corrected chi connectivity index (χ4v) is 3.64. The van der Waals surface area contributed by atoms with Crippen LogP contribution in [-0.2, 0) is 14.8 Å². The highest BCUT2D eigenvalue weighted by molar-refractivity contribution is 7.93. The zero-order chi connectivity index (χ0) is 12.6. The van der Waals surface area contributed by atoms with Crippen LogP contribution in [0.2, 0.25) is 0 Å². The number of aromatic nitrogens is 1. The van der Waals surface area contributed by atoms with Gasteiger partial charge in [-0.1, -0.05) is 0 Å². The van der Waals surface area contributed by atoms with E-state index in [9.17, 15) is 13.2 Å². The number of sulfonamides is 1. The van der Waals surface area contributed by atoms with E-state index in [4.69, 9.17) is 5.11 Å². The molecule has 0 bridgehead atoms. The first kappa shape index (κ1) is 12.3. The van der Waals surface area contributed by atoms with Gasteiger partial charge in [0.1, 0.15) is 0 Å². The van der Waals surface area contributed by atoms with Gasteiger partial charge in [0, 0.05) is 5.38 Å². The Hall–Kier alpha value is -1.15. The monoisotopic (exact) mass is 276 g/mol. The van der Waals surface area contributed by atoms with Gasteiger partial charge in [-0.25, -0.2) is 13.4 Å². The Morgan fingerprint density at radius 3 is 2.82 bits per heavy atom. The second kappa shape index (κ2) is 4.26. The summed E-state index contributed by atoms with van der Waals surface area (Å²) in [5, 5.41) is 10.3. The molecular formula is C9H12N2O4S2. The Balaban J connectivity index is 2.11. The van der Waals surface area contributed by atoms with E-state index in [1.54, 1.807) is 5.38 Å². The van der Waals surface area contributed by atoms with Crippen LogP contribution in [0.25, 0.3) is 0 Å². The van der Waals surface area contributed by atoms with E-state index in [1.165, 1.54) is 6.92 Å². The lowest BCUT2D eigenvalue weighted by molar-refractivity contribution is -0.138. The van der Waals surface area contributed by atoms with Crippen LogP contribution in [0, 0.1) is 0 Å². The third-order valence-corrected chi connectivity index (χ3v) is 5.26. The number of aliphatic carboxylic acids is 1. The van der Waals surface area contributed by atoms with Crippen molar-refractivity contribution in [1.29, 1.82) is 0 Å². The maximum absolute atomic E-state index is 11.6. The molecule has 6 nitrogen and oxygen atoms in total. The van der Waals surface area contributed by atoms with Crippen LogP contribution >= 0.6 is 11.3 Å². The van der Waals surface area contributed by atoms with Crippen molar-refractivity contribution >= 4 is 32.5 Å². The second-order valence-corrected chi connectivity index (χ2v) is 6.80. The topological polar surface area (TPSA) is 96.4 Å². The van der Waals surface area contributed by atoms with E-state index in [-0.39, 0.29) is 10.4 Å². The third kappa shape index (κ3) is 2.75. The van der Waals surface area contributed by atoms with Gasteiger partial charge in [0.15, 0.2) is 5.13 Å². The molecule has 0 aromatic carbocycles. The highest BCUT2D eigenvalue weighted by Gasteiger charge is 2.36. The summed E-state index contributed by atoms with van der Waals surface area (Å²) in [7, 11) is -3.32. The molecule has 1 heterocycles. The second-order valence-electron chi connectivity index (χ2n) is 3.98. The Kier molecular flexibility index (Phi) is 3.09. The molecule has 2 rings (SSSR count). The van der Waals surface area contributed by atoms with Crippen molar-refractivity contribution in [2.24, 2.45) is 0 Å². The number of carboxylic acids is 1. The number of hydrogen-bond donors (Lipinski definition) is 2. The average Bonchev–Trinajstić information content (AvgIpc) is 3.00. The van der Waals surface area contributed by atoms with E-state index in [0.29, 0.717) is 18.5 Å². The van der Waals surface area contributed by atoms with Gasteiger partial charge in [-0.05, 0) is 19.8 Å². The Bertz CT molecular complexity index is 533. The zero-order valence-electron chi connectivity index (χ0n) is 9.08. The molecule has 0 spiro atoms. The summed E-state index contributed by atoms with van der Waals surface area (Å²) in [4.78, 5) is 14.7. The van der Waals surface area contributed by atoms with Gasteiger partial charge in [0.25, 0.3) is 0 Å². The minimum Gasteiger partial charge on any atom is -0.481 e. The smallest absolute Gasteiger partial charge is 0.312 e. The number of carbonyl (C=O) groups is 1. The van der Waals surface area contributed by atoms with Crippen molar-refractivity contribution in [2.75, 3.05) is 4.72 Å². The minimum atomic E-state index is -3.32. The zero-order valence-corrected chi connectivity index (χ0v) is 10.7. The van der Waals surface area contributed by atoms with Gasteiger partial charge in [0.05, 0.1) is 16.9 Å². The van der Waals surface area contributed by atoms with Gasteiger partial charge in [0.2, 0.25) is 10.0 Å². The van der Waals surface area contributed by atoms with Gasteiger partial charge in [-0.3, -0.25) is 9.52 Å². The first-order chi connectivity index (χ1) is 7.90. The third-order valence-electron chi connectivity index (χ3n) is 2.53. The molecule has 0 amide bonds. The average molecular weight is 276 g/mol. The van der Waals surface area contributed by atoms with Crippen molar-refractivity contribution in [2.45, 2.75) is 30.9 Å². The van der Waals surface area contributed by atoms with Crippen LogP contribution in [0.4, 0.5) is 5.13 Å². The number of rotatable bonds is 5. The largest absolute Gasteiger partial charge is 0.481 e. The number of nitrogens with zero attached hydrogens (tertiary/aromatic N) is 1. The Labute approximate surface area is 103 Å². The fourth-order valence-electron chi connectivity index (χ4n) is 1.24. The summed E-state index contributed by atoms with van der Waals surface area (Å²) in [5.74, 6) is -1.71. The van der Waals surface area contributed by atoms with Crippen LogP contribution in [0.3, 0.4) is 0 Å². The molecule has 0 radical (unpaired) electrons. The molecule has 1 aliphatic carbocycles. The number of anilines is 1. The summed E-state index contributed by atoms with van der Waals surface area (Å²) >= 11 is 1.10. The standard InChI is InChI=1S/C9H12N2O4S2/c1-5(8(12)13)7-4-16-9(10-7)11-17(14,15)6-2-3-6/h4-6H,2-3H2,1H3,(H,10,11)(H,12,13). The summed E-state index contributed by atoms with van der Waals surface area (Å²) in [5.41, 5.74) is 0.371. The first-order valence-corrected chi connectivity index (χ1v) is 7.52. The van der Waals surface area contributed by atoms with E-state index in [0.717, 1.165) is 11.3 Å². The molecule has 0 saturated heterocycles. The van der Waals surface area contributed by atoms with Crippen molar-refractivity contribution in [1.82, 2.24) is 4.98 Å². The van der Waals surface area contributed by atoms with Crippen molar-refractivity contribution < 1.29 is 18.3 Å². The van der Waals surface area contributed by atoms with Crippen molar-refractivity contribution in [3.05, 3.63) is 11.1 Å². The lowest BCUT2D eigenvalue weighted by atomic mass is 10.1. The summed E-state index contributed by atoms with van der Waals surface area (Å²) in [6.45, 7) is 1.51. The van der Waals surface area contributed by atoms with Crippen LogP contribution in [-0.4, -0.2) is 29.7 Å². The van der Waals surface area contributed by atoms with Crippen LogP contribution in [0.15, 0.2) is 5.38 Å². The Morgan fingerprint density at radius 2 is 2.29 bits per heavy atom. The number of thiazole rings is 1. The fraction of sp³-hybridized carbons (Fsp3) is 0.556. The molecular weight excluding hydrogens is 264 g/mol. The van der Waals surface area contributed by atoms with Gasteiger partial charge in [-0.2, -0.15) is 0 Å². The van der Waals surface area contributed by atoms with Crippen LogP contribution < -0.4 is 4.72 Å². The predicted molar refractivity (Wildman–Crippen MR) is 63.7 cm³/mol. The normalized spacial score (nSPS) is 17.7. The molecule has 1 atom stereocenters. The highest BCUT2D eigenvalue weighted by atomic mass is 32.2. The molecule has 1 saturated carbocycles. The number of hydrogen-bond acceptors (Lipinski definition) is 5. The molecule has 1 fully saturated rings. The van der Waals surface area contributed by atoms with Gasteiger partial charge >= 0.3 is 5.97 Å². The van der Waals surface area contributed by atoms with E-state index >= 15 is 0 Å². The minimum absolute atomic E-state index is 0.236. The number of carboxylic acid groups (broad SMARTS) is 1. The van der Waals surface area contributed by atoms with Crippen LogP contribution in [0.1, 0.15) is 31.4 Å². The molecule has 17 heavy (non-hydrogen) atoms. The quantitative estimate of drug-likeness (QED) is 0.843. The summed E-state index contributed by atoms with van der Waals surface area (Å²) in [6, 6.07) is 0. The molecule has 2 N–H and O–H groups in total. The van der Waals surface area contributed by atoms with Gasteiger partial charge < -0.3 is 5.11 Å². The molecule has 1 unspecified atom stereocenters. The molecule has 94 valence electrons. The summed E-state index contributed by atoms with van der Waals surface area (Å²) < 4.78 is 25.6. The van der Waals surface area contributed by atoms with Crippen molar-refractivity contribution in [3.8, 4) is 0 Å². The molecule has 1 aromatic heterocycles. The molecule has 8 heteroatoms. The van der Waals surface area contributed by atoms with Crippen LogP contribution in [0.5, 0.6) is 0 Å². The molecule has 1 aromatic rings. The maximum atomic E-state index is 11.6. The lowest BCUT2D eigenvalue weighted by Gasteiger charge is -2.03. The highest BCUT2D eigenvalue weighted by Crippen LogP contribution is 2.31. The lowest BCUT2D eigenvalue weighted by Crippen LogP contribution is -2.17. The summed E-state index contributed by atoms with van der Waals surface area (Å²) in [6.07, 6.45) is 1.36. The Morgan fingerprint density at radius 1 is 1.65 bits per heavy atom. The first-order valence-electron chi connectivity index (χ1n) is 5.10. The van der Waals surface area contributed by atoms with Crippen molar-refractivity contribution in [3.63, 3.8) is 0 Å². The predicted octanol–water partition coefficient (Wildman–Crippen LogP) is 1.24. The van der Waals surface area contributed by atoms with E-state index in [2.05, 4.69) is 9.71 Å². The SMILES string of the molecule is CC(C(=O)O)c1csc(NS(=O)(=O)C2CC2)n1.